The van der Waals surface area contributed by atoms with Gasteiger partial charge in [-0.05, 0) is 50.1 Å². The molecule has 0 aliphatic rings. The molecule has 2 aromatic carbocycles. The van der Waals surface area contributed by atoms with Crippen molar-refractivity contribution in [1.82, 2.24) is 30.3 Å². The molecule has 4 rings (SSSR count). The van der Waals surface area contributed by atoms with E-state index in [4.69, 9.17) is 4.74 Å². The number of carbonyl (C=O) groups is 2. The Kier molecular flexibility index (Phi) is 8.28. The number of hydrogen-bond acceptors (Lipinski definition) is 9. The molecule has 10 nitrogen and oxygen atoms in total. The lowest BCUT2D eigenvalue weighted by Gasteiger charge is -2.15. The van der Waals surface area contributed by atoms with Crippen molar-refractivity contribution in [3.63, 3.8) is 0 Å². The number of thioether (sulfide) groups is 1. The fourth-order valence-corrected chi connectivity index (χ4v) is 4.63. The molecule has 0 saturated heterocycles. The third kappa shape index (κ3) is 6.46. The molecule has 0 spiro atoms. The predicted octanol–water partition coefficient (Wildman–Crippen LogP) is 3.47. The predicted molar refractivity (Wildman–Crippen MR) is 139 cm³/mol. The van der Waals surface area contributed by atoms with Crippen LogP contribution in [0.4, 0.5) is 5.13 Å². The van der Waals surface area contributed by atoms with E-state index in [1.165, 1.54) is 23.1 Å². The lowest BCUT2D eigenvalue weighted by molar-refractivity contribution is -0.123. The largest absolute Gasteiger partial charge is 0.484 e. The number of nitrogens with one attached hydrogen (secondary N) is 2. The summed E-state index contributed by atoms with van der Waals surface area (Å²) in [6.07, 6.45) is 0. The Morgan fingerprint density at radius 1 is 0.972 bits per heavy atom. The molecule has 0 saturated carbocycles. The molecule has 0 aliphatic heterocycles. The van der Waals surface area contributed by atoms with Crippen LogP contribution < -0.4 is 15.4 Å². The van der Waals surface area contributed by atoms with Crippen LogP contribution in [-0.4, -0.2) is 49.1 Å². The van der Waals surface area contributed by atoms with Crippen molar-refractivity contribution in [1.29, 1.82) is 0 Å². The molecule has 2 amide bonds. The van der Waals surface area contributed by atoms with E-state index in [0.717, 1.165) is 21.8 Å². The lowest BCUT2D eigenvalue weighted by Crippen LogP contribution is -2.29. The summed E-state index contributed by atoms with van der Waals surface area (Å²) in [6.45, 7) is 5.89. The van der Waals surface area contributed by atoms with Gasteiger partial charge in [-0.25, -0.2) is 0 Å². The zero-order valence-corrected chi connectivity index (χ0v) is 21.7. The molecular weight excluding hydrogens is 498 g/mol. The number of nitrogens with zero attached hydrogens (tertiary/aromatic N) is 5. The van der Waals surface area contributed by atoms with E-state index in [1.807, 2.05) is 61.7 Å². The maximum Gasteiger partial charge on any atom is 0.258 e. The third-order valence-electron chi connectivity index (χ3n) is 5.18. The first kappa shape index (κ1) is 25.3. The molecule has 186 valence electrons. The molecule has 0 bridgehead atoms. The van der Waals surface area contributed by atoms with E-state index < -0.39 is 0 Å². The van der Waals surface area contributed by atoms with Gasteiger partial charge in [-0.1, -0.05) is 53.4 Å². The molecule has 0 atom stereocenters. The first-order valence-electron chi connectivity index (χ1n) is 11.1. The Morgan fingerprint density at radius 3 is 2.53 bits per heavy atom. The Morgan fingerprint density at radius 2 is 1.78 bits per heavy atom. The van der Waals surface area contributed by atoms with Gasteiger partial charge in [-0.2, -0.15) is 0 Å². The fourth-order valence-electron chi connectivity index (χ4n) is 3.25. The Hall–Kier alpha value is -3.77. The minimum atomic E-state index is -0.282. The second-order valence-corrected chi connectivity index (χ2v) is 9.92. The molecule has 0 fully saturated rings. The number of aryl methyl sites for hydroxylation is 2. The maximum atomic E-state index is 12.5. The summed E-state index contributed by atoms with van der Waals surface area (Å²) in [5.41, 5.74) is 3.04. The molecular formula is C24H25N7O3S2. The number of aromatic nitrogens is 5. The third-order valence-corrected chi connectivity index (χ3v) is 6.86. The number of anilines is 1. The number of para-hydroxylation sites is 1. The van der Waals surface area contributed by atoms with E-state index >= 15 is 0 Å². The van der Waals surface area contributed by atoms with Crippen LogP contribution in [0, 0.1) is 20.8 Å². The average Bonchev–Trinajstić information content (AvgIpc) is 3.47. The summed E-state index contributed by atoms with van der Waals surface area (Å²) in [5, 5.41) is 23.8. The van der Waals surface area contributed by atoms with Crippen molar-refractivity contribution in [2.24, 2.45) is 0 Å². The average molecular weight is 524 g/mol. The number of rotatable bonds is 10. The van der Waals surface area contributed by atoms with Gasteiger partial charge >= 0.3 is 0 Å². The number of ether oxygens (including phenoxy) is 1. The molecule has 0 aliphatic carbocycles. The van der Waals surface area contributed by atoms with Crippen LogP contribution in [0.15, 0.2) is 53.7 Å². The van der Waals surface area contributed by atoms with Crippen molar-refractivity contribution in [3.8, 4) is 11.4 Å². The lowest BCUT2D eigenvalue weighted by atomic mass is 10.1. The normalized spacial score (nSPS) is 10.8. The first-order valence-corrected chi connectivity index (χ1v) is 12.9. The second-order valence-electron chi connectivity index (χ2n) is 7.79. The molecule has 0 radical (unpaired) electrons. The quantitative estimate of drug-likeness (QED) is 0.303. The molecule has 2 N–H and O–H groups in total. The van der Waals surface area contributed by atoms with E-state index in [2.05, 4.69) is 31.0 Å². The molecule has 4 aromatic rings. The number of benzene rings is 2. The minimum absolute atomic E-state index is 0.110. The van der Waals surface area contributed by atoms with Crippen LogP contribution in [0.25, 0.3) is 5.69 Å². The van der Waals surface area contributed by atoms with Gasteiger partial charge in [0.15, 0.2) is 17.6 Å². The van der Waals surface area contributed by atoms with E-state index in [0.29, 0.717) is 21.9 Å². The Labute approximate surface area is 216 Å². The van der Waals surface area contributed by atoms with Gasteiger partial charge in [-0.15, -0.1) is 20.4 Å². The standard InChI is InChI=1S/C24H25N7O3S2/c1-15-8-7-11-19(16(15)2)31-20(12-25-21(32)13-34-18-9-5-4-6-10-18)28-30-24(31)35-14-22(33)26-23-29-27-17(3)36-23/h4-11H,12-14H2,1-3H3,(H,25,32)(H,26,29,33). The van der Waals surface area contributed by atoms with Crippen molar-refractivity contribution in [2.45, 2.75) is 32.5 Å². The van der Waals surface area contributed by atoms with Crippen molar-refractivity contribution < 1.29 is 14.3 Å². The van der Waals surface area contributed by atoms with Gasteiger partial charge in [-0.3, -0.25) is 19.5 Å². The summed E-state index contributed by atoms with van der Waals surface area (Å²) in [5.74, 6) is 0.764. The highest BCUT2D eigenvalue weighted by Gasteiger charge is 2.19. The minimum Gasteiger partial charge on any atom is -0.484 e. The summed E-state index contributed by atoms with van der Waals surface area (Å²) in [7, 11) is 0. The van der Waals surface area contributed by atoms with Gasteiger partial charge < -0.3 is 10.1 Å². The molecule has 2 heterocycles. The number of hydrogen-bond donors (Lipinski definition) is 2. The van der Waals surface area contributed by atoms with Crippen LogP contribution in [0.5, 0.6) is 5.75 Å². The SMILES string of the molecule is Cc1nnc(NC(=O)CSc2nnc(CNC(=O)COc3ccccc3)n2-c2cccc(C)c2C)s1. The first-order chi connectivity index (χ1) is 17.4. The number of amides is 2. The molecule has 2 aromatic heterocycles. The van der Waals surface area contributed by atoms with Crippen molar-refractivity contribution in [3.05, 3.63) is 70.5 Å². The van der Waals surface area contributed by atoms with Gasteiger partial charge in [0.1, 0.15) is 10.8 Å². The summed E-state index contributed by atoms with van der Waals surface area (Å²) in [6, 6.07) is 15.1. The van der Waals surface area contributed by atoms with Gasteiger partial charge in [0, 0.05) is 0 Å². The molecule has 12 heteroatoms. The Balaban J connectivity index is 1.47. The monoisotopic (exact) mass is 523 g/mol. The van der Waals surface area contributed by atoms with Crippen LogP contribution >= 0.6 is 23.1 Å². The zero-order chi connectivity index (χ0) is 25.5. The van der Waals surface area contributed by atoms with Crippen LogP contribution in [0.1, 0.15) is 22.0 Å². The van der Waals surface area contributed by atoms with Crippen LogP contribution in [0.2, 0.25) is 0 Å². The maximum absolute atomic E-state index is 12.5. The smallest absolute Gasteiger partial charge is 0.258 e. The highest BCUT2D eigenvalue weighted by atomic mass is 32.2. The van der Waals surface area contributed by atoms with E-state index in [1.54, 1.807) is 12.1 Å². The van der Waals surface area contributed by atoms with E-state index in [9.17, 15) is 9.59 Å². The van der Waals surface area contributed by atoms with Crippen LogP contribution in [0.3, 0.4) is 0 Å². The molecule has 36 heavy (non-hydrogen) atoms. The van der Waals surface area contributed by atoms with Crippen LogP contribution in [-0.2, 0) is 16.1 Å². The van der Waals surface area contributed by atoms with E-state index in [-0.39, 0.29) is 30.7 Å². The highest BCUT2D eigenvalue weighted by Crippen LogP contribution is 2.26. The van der Waals surface area contributed by atoms with Gasteiger partial charge in [0.25, 0.3) is 5.91 Å². The van der Waals surface area contributed by atoms with Crippen molar-refractivity contribution >= 4 is 40.0 Å². The fraction of sp³-hybridized carbons (Fsp3) is 0.250. The second kappa shape index (κ2) is 11.8. The Bertz CT molecular complexity index is 1360. The zero-order valence-electron chi connectivity index (χ0n) is 20.0. The van der Waals surface area contributed by atoms with Crippen molar-refractivity contribution in [2.75, 3.05) is 17.7 Å². The topological polar surface area (TPSA) is 124 Å². The summed E-state index contributed by atoms with van der Waals surface area (Å²) < 4.78 is 7.38. The summed E-state index contributed by atoms with van der Waals surface area (Å²) in [4.78, 5) is 24.8. The molecule has 0 unspecified atom stereocenters. The number of carbonyl (C=O) groups excluding carboxylic acids is 2. The van der Waals surface area contributed by atoms with Gasteiger partial charge in [0.2, 0.25) is 11.0 Å². The summed E-state index contributed by atoms with van der Waals surface area (Å²) >= 11 is 2.56. The highest BCUT2D eigenvalue weighted by molar-refractivity contribution is 7.99. The van der Waals surface area contributed by atoms with Gasteiger partial charge in [0.05, 0.1) is 18.0 Å².